The van der Waals surface area contributed by atoms with Crippen LogP contribution in [-0.4, -0.2) is 60.1 Å². The number of nitrogens with zero attached hydrogens (tertiary/aromatic N) is 2. The van der Waals surface area contributed by atoms with Crippen molar-refractivity contribution in [2.24, 2.45) is 17.3 Å². The van der Waals surface area contributed by atoms with Gasteiger partial charge in [0.15, 0.2) is 0 Å². The van der Waals surface area contributed by atoms with E-state index in [2.05, 4.69) is 4.90 Å². The van der Waals surface area contributed by atoms with Crippen LogP contribution < -0.4 is 4.74 Å². The van der Waals surface area contributed by atoms with Crippen molar-refractivity contribution in [3.63, 3.8) is 0 Å². The lowest BCUT2D eigenvalue weighted by atomic mass is 9.77. The number of hydrogen-bond acceptors (Lipinski definition) is 4. The summed E-state index contributed by atoms with van der Waals surface area (Å²) in [4.78, 5) is 28.3. The van der Waals surface area contributed by atoms with E-state index in [0.717, 1.165) is 37.9 Å². The molecule has 0 spiro atoms. The number of hydrogen-bond donors (Lipinski definition) is 1. The zero-order chi connectivity index (χ0) is 20.6. The minimum atomic E-state index is -0.791. The van der Waals surface area contributed by atoms with Gasteiger partial charge in [-0.25, -0.2) is 4.39 Å². The fourth-order valence-corrected chi connectivity index (χ4v) is 5.30. The fraction of sp³-hybridized carbons (Fsp3) is 0.636. The van der Waals surface area contributed by atoms with Gasteiger partial charge in [-0.3, -0.25) is 14.5 Å². The number of ether oxygens (including phenoxy) is 1. The van der Waals surface area contributed by atoms with Crippen LogP contribution in [0.1, 0.15) is 37.7 Å². The summed E-state index contributed by atoms with van der Waals surface area (Å²) in [6, 6.07) is 4.58. The lowest BCUT2D eigenvalue weighted by Crippen LogP contribution is -2.41. The summed E-state index contributed by atoms with van der Waals surface area (Å²) >= 11 is 0. The Labute approximate surface area is 170 Å². The average molecular weight is 404 g/mol. The van der Waals surface area contributed by atoms with Gasteiger partial charge in [-0.1, -0.05) is 12.5 Å². The van der Waals surface area contributed by atoms with Crippen molar-refractivity contribution in [3.05, 3.63) is 29.6 Å². The Morgan fingerprint density at radius 2 is 2.07 bits per heavy atom. The van der Waals surface area contributed by atoms with Gasteiger partial charge in [0, 0.05) is 62.1 Å². The topological polar surface area (TPSA) is 70.1 Å². The van der Waals surface area contributed by atoms with Crippen LogP contribution in [0.2, 0.25) is 0 Å². The molecule has 6 nitrogen and oxygen atoms in total. The molecule has 2 aliphatic heterocycles. The van der Waals surface area contributed by atoms with E-state index in [1.807, 2.05) is 4.90 Å². The summed E-state index contributed by atoms with van der Waals surface area (Å²) in [5.74, 6) is 0.116. The number of carbonyl (C=O) groups excluding carboxylic acids is 1. The number of benzene rings is 1. The number of amides is 1. The van der Waals surface area contributed by atoms with E-state index in [1.54, 1.807) is 6.07 Å². The number of rotatable bonds is 7. The number of fused-ring (bicyclic) bond motifs is 1. The molecule has 1 aromatic carbocycles. The number of carboxylic acid groups (broad SMARTS) is 1. The molecule has 158 valence electrons. The smallest absolute Gasteiger partial charge is 0.303 e. The Balaban J connectivity index is 1.48. The lowest BCUT2D eigenvalue weighted by molar-refractivity contribution is -0.137. The number of carboxylic acids is 1. The summed E-state index contributed by atoms with van der Waals surface area (Å²) in [6.45, 7) is 3.56. The highest BCUT2D eigenvalue weighted by atomic mass is 19.1. The molecule has 2 heterocycles. The standard InChI is InChI=1S/C22H29FN2O4/c1-29-19-9-18(23)6-5-16(19)10-24-11-17-12-25(21(28)15-3-2-4-15)14-22(17,13-24)8-7-20(26)27/h5-6,9,15,17H,2-4,7-8,10-14H2,1H3,(H,26,27)/t17-,22+/m0/s1. The molecule has 0 radical (unpaired) electrons. The summed E-state index contributed by atoms with van der Waals surface area (Å²) < 4.78 is 18.8. The van der Waals surface area contributed by atoms with Gasteiger partial charge in [0.1, 0.15) is 11.6 Å². The third-order valence-electron chi connectivity index (χ3n) is 7.08. The van der Waals surface area contributed by atoms with Gasteiger partial charge in [0.2, 0.25) is 5.91 Å². The second kappa shape index (κ2) is 7.94. The van der Waals surface area contributed by atoms with Crippen molar-refractivity contribution in [1.82, 2.24) is 9.80 Å². The highest BCUT2D eigenvalue weighted by molar-refractivity contribution is 5.80. The fourth-order valence-electron chi connectivity index (χ4n) is 5.30. The Bertz CT molecular complexity index is 797. The van der Waals surface area contributed by atoms with Gasteiger partial charge in [-0.05, 0) is 31.2 Å². The first kappa shape index (κ1) is 20.1. The molecule has 1 aromatic rings. The van der Waals surface area contributed by atoms with Crippen molar-refractivity contribution in [2.45, 2.75) is 38.6 Å². The molecule has 7 heteroatoms. The van der Waals surface area contributed by atoms with Crippen LogP contribution in [0.4, 0.5) is 4.39 Å². The molecule has 1 N–H and O–H groups in total. The van der Waals surface area contributed by atoms with E-state index in [9.17, 15) is 19.1 Å². The average Bonchev–Trinajstić information content (AvgIpc) is 3.14. The predicted octanol–water partition coefficient (Wildman–Crippen LogP) is 2.76. The number of halogens is 1. The molecule has 3 aliphatic rings. The quantitative estimate of drug-likeness (QED) is 0.757. The maximum Gasteiger partial charge on any atom is 0.303 e. The summed E-state index contributed by atoms with van der Waals surface area (Å²) in [5, 5.41) is 9.25. The first-order valence-corrected chi connectivity index (χ1v) is 10.5. The maximum absolute atomic E-state index is 13.5. The highest BCUT2D eigenvalue weighted by Crippen LogP contribution is 2.47. The van der Waals surface area contributed by atoms with Crippen LogP contribution in [0.3, 0.4) is 0 Å². The zero-order valence-corrected chi connectivity index (χ0v) is 16.9. The third kappa shape index (κ3) is 3.97. The molecule has 0 unspecified atom stereocenters. The molecule has 2 atom stereocenters. The molecule has 0 bridgehead atoms. The molecular weight excluding hydrogens is 375 g/mol. The first-order chi connectivity index (χ1) is 13.9. The Morgan fingerprint density at radius 1 is 1.28 bits per heavy atom. The monoisotopic (exact) mass is 404 g/mol. The van der Waals surface area contributed by atoms with Crippen molar-refractivity contribution < 1.29 is 23.8 Å². The molecule has 1 amide bonds. The van der Waals surface area contributed by atoms with Crippen LogP contribution in [0, 0.1) is 23.1 Å². The molecule has 4 rings (SSSR count). The Kier molecular flexibility index (Phi) is 5.51. The molecule has 0 aromatic heterocycles. The van der Waals surface area contributed by atoms with E-state index in [0.29, 0.717) is 31.8 Å². The van der Waals surface area contributed by atoms with E-state index >= 15 is 0 Å². The predicted molar refractivity (Wildman–Crippen MR) is 105 cm³/mol. The van der Waals surface area contributed by atoms with E-state index in [-0.39, 0.29) is 35.4 Å². The van der Waals surface area contributed by atoms with Gasteiger partial charge in [-0.15, -0.1) is 0 Å². The van der Waals surface area contributed by atoms with Gasteiger partial charge < -0.3 is 14.7 Å². The summed E-state index contributed by atoms with van der Waals surface area (Å²) in [7, 11) is 1.54. The van der Waals surface area contributed by atoms with E-state index < -0.39 is 5.97 Å². The van der Waals surface area contributed by atoms with Crippen LogP contribution in [0.15, 0.2) is 18.2 Å². The van der Waals surface area contributed by atoms with Crippen molar-refractivity contribution >= 4 is 11.9 Å². The third-order valence-corrected chi connectivity index (χ3v) is 7.08. The van der Waals surface area contributed by atoms with Crippen molar-refractivity contribution in [1.29, 1.82) is 0 Å². The molecule has 29 heavy (non-hydrogen) atoms. The van der Waals surface area contributed by atoms with Crippen LogP contribution in [-0.2, 0) is 16.1 Å². The minimum Gasteiger partial charge on any atom is -0.496 e. The second-order valence-corrected chi connectivity index (χ2v) is 8.93. The van der Waals surface area contributed by atoms with Gasteiger partial charge in [0.05, 0.1) is 7.11 Å². The molecule has 2 saturated heterocycles. The number of aliphatic carboxylic acids is 1. The molecule has 1 saturated carbocycles. The van der Waals surface area contributed by atoms with Gasteiger partial charge in [0.25, 0.3) is 0 Å². The first-order valence-electron chi connectivity index (χ1n) is 10.5. The number of methoxy groups -OCH3 is 1. The van der Waals surface area contributed by atoms with E-state index in [1.165, 1.54) is 19.2 Å². The molecular formula is C22H29FN2O4. The summed E-state index contributed by atoms with van der Waals surface area (Å²) in [6.07, 6.45) is 3.80. The largest absolute Gasteiger partial charge is 0.496 e. The van der Waals surface area contributed by atoms with Crippen molar-refractivity contribution in [3.8, 4) is 5.75 Å². The van der Waals surface area contributed by atoms with Crippen LogP contribution in [0.25, 0.3) is 0 Å². The van der Waals surface area contributed by atoms with Crippen molar-refractivity contribution in [2.75, 3.05) is 33.3 Å². The molecule has 3 fully saturated rings. The van der Waals surface area contributed by atoms with Crippen LogP contribution in [0.5, 0.6) is 5.75 Å². The van der Waals surface area contributed by atoms with Gasteiger partial charge in [-0.2, -0.15) is 0 Å². The second-order valence-electron chi connectivity index (χ2n) is 8.93. The molecule has 1 aliphatic carbocycles. The minimum absolute atomic E-state index is 0.121. The summed E-state index contributed by atoms with van der Waals surface area (Å²) in [5.41, 5.74) is 0.745. The Hall–Kier alpha value is -2.15. The maximum atomic E-state index is 13.5. The number of carbonyl (C=O) groups is 2. The zero-order valence-electron chi connectivity index (χ0n) is 16.9. The van der Waals surface area contributed by atoms with Gasteiger partial charge >= 0.3 is 5.97 Å². The lowest BCUT2D eigenvalue weighted by Gasteiger charge is -2.32. The Morgan fingerprint density at radius 3 is 2.72 bits per heavy atom. The van der Waals surface area contributed by atoms with E-state index in [4.69, 9.17) is 4.74 Å². The SMILES string of the molecule is COc1cc(F)ccc1CN1C[C@H]2CN(C(=O)C3CCC3)C[C@@]2(CCC(=O)O)C1. The normalized spacial score (nSPS) is 27.0. The number of likely N-dealkylation sites (tertiary alicyclic amines) is 2. The van der Waals surface area contributed by atoms with Crippen LogP contribution >= 0.6 is 0 Å². The highest BCUT2D eigenvalue weighted by Gasteiger charge is 2.53.